The molecule has 0 bridgehead atoms. The molecule has 20 heavy (non-hydrogen) atoms. The topological polar surface area (TPSA) is 42.3 Å². The van der Waals surface area contributed by atoms with Crippen LogP contribution < -0.4 is 0 Å². The molecule has 0 spiro atoms. The molecule has 2 rings (SSSR count). The molecular formula is C16H24N2O2. The molecular weight excluding hydrogens is 252 g/mol. The van der Waals surface area contributed by atoms with Crippen molar-refractivity contribution < 1.29 is 9.59 Å². The van der Waals surface area contributed by atoms with Crippen molar-refractivity contribution in [3.63, 3.8) is 0 Å². The first-order chi connectivity index (χ1) is 9.25. The number of hydrogen-bond acceptors (Lipinski definition) is 2. The van der Waals surface area contributed by atoms with Gasteiger partial charge >= 0.3 is 0 Å². The number of ketones is 1. The highest BCUT2D eigenvalue weighted by atomic mass is 16.2. The molecule has 4 nitrogen and oxygen atoms in total. The Labute approximate surface area is 120 Å². The lowest BCUT2D eigenvalue weighted by Gasteiger charge is -2.30. The summed E-state index contributed by atoms with van der Waals surface area (Å²) in [5, 5.41) is 0. The lowest BCUT2D eigenvalue weighted by atomic mass is 9.76. The van der Waals surface area contributed by atoms with Crippen molar-refractivity contribution in [3.8, 4) is 0 Å². The molecule has 0 atom stereocenters. The standard InChI is InChI=1S/C16H24N2O2/c1-6-17(5)15(20)10-18-11(2)7-12-13(18)8-16(3,4)9-14(12)19/h7H,6,8-10H2,1-5H3. The zero-order valence-corrected chi connectivity index (χ0v) is 13.1. The average Bonchev–Trinajstić information content (AvgIpc) is 2.65. The van der Waals surface area contributed by atoms with Crippen molar-refractivity contribution in [3.05, 3.63) is 23.0 Å². The van der Waals surface area contributed by atoms with Crippen LogP contribution in [0.2, 0.25) is 0 Å². The van der Waals surface area contributed by atoms with Crippen LogP contribution in [-0.4, -0.2) is 34.7 Å². The molecule has 1 heterocycles. The summed E-state index contributed by atoms with van der Waals surface area (Å²) in [4.78, 5) is 26.1. The van der Waals surface area contributed by atoms with E-state index in [4.69, 9.17) is 0 Å². The number of aromatic nitrogens is 1. The number of aryl methyl sites for hydroxylation is 1. The van der Waals surface area contributed by atoms with E-state index in [0.29, 0.717) is 19.5 Å². The molecule has 0 radical (unpaired) electrons. The molecule has 0 fully saturated rings. The molecule has 0 saturated carbocycles. The van der Waals surface area contributed by atoms with Crippen LogP contribution >= 0.6 is 0 Å². The van der Waals surface area contributed by atoms with Gasteiger partial charge in [0, 0.05) is 37.0 Å². The van der Waals surface area contributed by atoms with Crippen molar-refractivity contribution in [2.75, 3.05) is 13.6 Å². The number of carbonyl (C=O) groups excluding carboxylic acids is 2. The van der Waals surface area contributed by atoms with Crippen LogP contribution in [0.1, 0.15) is 48.9 Å². The Hall–Kier alpha value is -1.58. The van der Waals surface area contributed by atoms with Crippen molar-refractivity contribution in [1.29, 1.82) is 0 Å². The van der Waals surface area contributed by atoms with Gasteiger partial charge in [0.1, 0.15) is 6.54 Å². The lowest BCUT2D eigenvalue weighted by molar-refractivity contribution is -0.130. The first kappa shape index (κ1) is 14.8. The third-order valence-corrected chi connectivity index (χ3v) is 4.19. The van der Waals surface area contributed by atoms with E-state index < -0.39 is 0 Å². The minimum absolute atomic E-state index is 0.0215. The number of amides is 1. The number of carbonyl (C=O) groups is 2. The molecule has 1 aromatic heterocycles. The summed E-state index contributed by atoms with van der Waals surface area (Å²) in [7, 11) is 1.81. The smallest absolute Gasteiger partial charge is 0.242 e. The SMILES string of the molecule is CCN(C)C(=O)Cn1c(C)cc2c1CC(C)(C)CC2=O. The molecule has 0 saturated heterocycles. The molecule has 0 aliphatic heterocycles. The molecule has 0 aromatic carbocycles. The first-order valence-corrected chi connectivity index (χ1v) is 7.21. The van der Waals surface area contributed by atoms with Crippen LogP contribution in [0.5, 0.6) is 0 Å². The Bertz CT molecular complexity index is 555. The maximum Gasteiger partial charge on any atom is 0.242 e. The number of nitrogens with zero attached hydrogens (tertiary/aromatic N) is 2. The summed E-state index contributed by atoms with van der Waals surface area (Å²) in [5.74, 6) is 0.291. The van der Waals surface area contributed by atoms with Gasteiger partial charge in [-0.25, -0.2) is 0 Å². The van der Waals surface area contributed by atoms with E-state index >= 15 is 0 Å². The van der Waals surface area contributed by atoms with Crippen LogP contribution in [0.3, 0.4) is 0 Å². The fraction of sp³-hybridized carbons (Fsp3) is 0.625. The van der Waals surface area contributed by atoms with E-state index in [9.17, 15) is 9.59 Å². The molecule has 1 amide bonds. The minimum atomic E-state index is -0.0215. The summed E-state index contributed by atoms with van der Waals surface area (Å²) in [6.45, 7) is 9.18. The third kappa shape index (κ3) is 2.65. The van der Waals surface area contributed by atoms with Crippen LogP contribution in [-0.2, 0) is 17.8 Å². The van der Waals surface area contributed by atoms with Crippen molar-refractivity contribution in [1.82, 2.24) is 9.47 Å². The van der Waals surface area contributed by atoms with E-state index in [0.717, 1.165) is 23.4 Å². The fourth-order valence-corrected chi connectivity index (χ4v) is 2.86. The monoisotopic (exact) mass is 276 g/mol. The average molecular weight is 276 g/mol. The van der Waals surface area contributed by atoms with E-state index in [1.807, 2.05) is 31.5 Å². The maximum atomic E-state index is 12.2. The van der Waals surface area contributed by atoms with Crippen LogP contribution in [0, 0.1) is 12.3 Å². The van der Waals surface area contributed by atoms with Gasteiger partial charge in [-0.05, 0) is 31.7 Å². The highest BCUT2D eigenvalue weighted by Gasteiger charge is 2.34. The Morgan fingerprint density at radius 2 is 2.05 bits per heavy atom. The van der Waals surface area contributed by atoms with Crippen molar-refractivity contribution in [2.45, 2.75) is 47.1 Å². The second kappa shape index (κ2) is 5.08. The first-order valence-electron chi connectivity index (χ1n) is 7.21. The van der Waals surface area contributed by atoms with Crippen LogP contribution in [0.25, 0.3) is 0 Å². The molecule has 0 N–H and O–H groups in total. The van der Waals surface area contributed by atoms with Gasteiger partial charge in [-0.15, -0.1) is 0 Å². The van der Waals surface area contributed by atoms with Gasteiger partial charge < -0.3 is 9.47 Å². The highest BCUT2D eigenvalue weighted by Crippen LogP contribution is 2.36. The van der Waals surface area contributed by atoms with E-state index in [1.165, 1.54) is 0 Å². The number of rotatable bonds is 3. The van der Waals surface area contributed by atoms with Gasteiger partial charge in [0.2, 0.25) is 5.91 Å². The Balaban J connectivity index is 2.36. The Morgan fingerprint density at radius 1 is 1.40 bits per heavy atom. The Kier molecular flexibility index (Phi) is 3.76. The fourth-order valence-electron chi connectivity index (χ4n) is 2.86. The van der Waals surface area contributed by atoms with Crippen LogP contribution in [0.4, 0.5) is 0 Å². The second-order valence-electron chi connectivity index (χ2n) is 6.58. The number of likely N-dealkylation sites (N-methyl/N-ethyl adjacent to an activating group) is 1. The summed E-state index contributed by atoms with van der Waals surface area (Å²) in [5.41, 5.74) is 2.82. The van der Waals surface area contributed by atoms with Crippen LogP contribution in [0.15, 0.2) is 6.07 Å². The molecule has 110 valence electrons. The zero-order valence-electron chi connectivity index (χ0n) is 13.1. The maximum absolute atomic E-state index is 12.2. The van der Waals surface area contributed by atoms with E-state index in [-0.39, 0.29) is 17.1 Å². The van der Waals surface area contributed by atoms with Gasteiger partial charge in [-0.1, -0.05) is 13.8 Å². The zero-order chi connectivity index (χ0) is 15.1. The molecule has 0 unspecified atom stereocenters. The van der Waals surface area contributed by atoms with E-state index in [2.05, 4.69) is 13.8 Å². The Morgan fingerprint density at radius 3 is 2.65 bits per heavy atom. The van der Waals surface area contributed by atoms with E-state index in [1.54, 1.807) is 4.90 Å². The molecule has 1 aromatic rings. The predicted molar refractivity (Wildman–Crippen MR) is 78.9 cm³/mol. The number of Topliss-reactive ketones (excluding diaryl/α,β-unsaturated/α-hetero) is 1. The number of hydrogen-bond donors (Lipinski definition) is 0. The second-order valence-corrected chi connectivity index (χ2v) is 6.58. The highest BCUT2D eigenvalue weighted by molar-refractivity contribution is 5.99. The normalized spacial score (nSPS) is 16.9. The van der Waals surface area contributed by atoms with Crippen molar-refractivity contribution >= 4 is 11.7 Å². The minimum Gasteiger partial charge on any atom is -0.344 e. The molecule has 1 aliphatic carbocycles. The summed E-state index contributed by atoms with van der Waals surface area (Å²) in [6.07, 6.45) is 1.44. The number of fused-ring (bicyclic) bond motifs is 1. The van der Waals surface area contributed by atoms with Gasteiger partial charge in [-0.3, -0.25) is 9.59 Å². The van der Waals surface area contributed by atoms with Gasteiger partial charge in [-0.2, -0.15) is 0 Å². The summed E-state index contributed by atoms with van der Waals surface area (Å²) in [6, 6.07) is 1.94. The lowest BCUT2D eigenvalue weighted by Crippen LogP contribution is -2.33. The largest absolute Gasteiger partial charge is 0.344 e. The predicted octanol–water partition coefficient (Wildman–Crippen LogP) is 2.43. The van der Waals surface area contributed by atoms with Gasteiger partial charge in [0.15, 0.2) is 5.78 Å². The quantitative estimate of drug-likeness (QED) is 0.851. The van der Waals surface area contributed by atoms with Crippen molar-refractivity contribution in [2.24, 2.45) is 5.41 Å². The summed E-state index contributed by atoms with van der Waals surface area (Å²) < 4.78 is 2.02. The molecule has 1 aliphatic rings. The van der Waals surface area contributed by atoms with Gasteiger partial charge in [0.05, 0.1) is 0 Å². The third-order valence-electron chi connectivity index (χ3n) is 4.19. The molecule has 4 heteroatoms. The van der Waals surface area contributed by atoms with Gasteiger partial charge in [0.25, 0.3) is 0 Å². The summed E-state index contributed by atoms with van der Waals surface area (Å²) >= 11 is 0.